The van der Waals surface area contributed by atoms with Crippen LogP contribution in [0.4, 0.5) is 39.0 Å². The average molecular weight is 493 g/mol. The molecule has 1 amide bonds. The number of benzene rings is 2. The molecule has 1 aromatic heterocycles. The molecule has 6 nitrogen and oxygen atoms in total. The first-order valence-corrected chi connectivity index (χ1v) is 10.4. The highest BCUT2D eigenvalue weighted by molar-refractivity contribution is 6.13. The maximum absolute atomic E-state index is 13.4. The minimum Gasteiger partial charge on any atom is -0.481 e. The van der Waals surface area contributed by atoms with Gasteiger partial charge in [0.05, 0.1) is 35.3 Å². The normalized spacial score (nSPS) is 13.8. The highest BCUT2D eigenvalue weighted by atomic mass is 19.4. The molecule has 11 heteroatoms. The van der Waals surface area contributed by atoms with E-state index < -0.39 is 24.3 Å². The van der Waals surface area contributed by atoms with Gasteiger partial charge < -0.3 is 14.4 Å². The Morgan fingerprint density at radius 2 is 1.63 bits per heavy atom. The fraction of sp³-hybridized carbons (Fsp3) is 0.250. The first-order valence-electron chi connectivity index (χ1n) is 10.4. The number of rotatable bonds is 5. The summed E-state index contributed by atoms with van der Waals surface area (Å²) in [5, 5.41) is 0. The second-order valence-electron chi connectivity index (χ2n) is 7.82. The lowest BCUT2D eigenvalue weighted by molar-refractivity contribution is -0.137. The van der Waals surface area contributed by atoms with Crippen molar-refractivity contribution in [2.75, 3.05) is 23.6 Å². The van der Waals surface area contributed by atoms with Gasteiger partial charge in [-0.25, -0.2) is 4.98 Å². The molecule has 0 radical (unpaired) electrons. The Labute approximate surface area is 197 Å². The summed E-state index contributed by atoms with van der Waals surface area (Å²) in [7, 11) is 1.44. The van der Waals surface area contributed by atoms with Gasteiger partial charge in [-0.3, -0.25) is 9.69 Å². The molecule has 0 saturated carbocycles. The number of ether oxygens (including phenoxy) is 2. The number of amides is 1. The number of pyridine rings is 1. The molecule has 0 atom stereocenters. The molecule has 4 rings (SSSR count). The molecule has 0 fully saturated rings. The molecule has 184 valence electrons. The van der Waals surface area contributed by atoms with Gasteiger partial charge in [-0.1, -0.05) is 0 Å². The van der Waals surface area contributed by atoms with Gasteiger partial charge in [-0.15, -0.1) is 0 Å². The average Bonchev–Trinajstić information content (AvgIpc) is 2.79. The Bertz CT molecular complexity index is 1280. The maximum Gasteiger partial charge on any atom is 0.416 e. The number of hydrogen-bond acceptors (Lipinski definition) is 5. The molecule has 0 bridgehead atoms. The van der Waals surface area contributed by atoms with Gasteiger partial charge in [0.2, 0.25) is 5.88 Å². The zero-order valence-electron chi connectivity index (χ0n) is 18.9. The van der Waals surface area contributed by atoms with Gasteiger partial charge in [-0.05, 0) is 61.9 Å². The third-order valence-corrected chi connectivity index (χ3v) is 5.59. The number of methoxy groups -OCH3 is 1. The van der Waals surface area contributed by atoms with Crippen LogP contribution in [-0.4, -0.2) is 31.3 Å². The number of alkyl halides is 5. The number of halogens is 5. The first-order chi connectivity index (χ1) is 16.5. The fourth-order valence-electron chi connectivity index (χ4n) is 3.97. The number of aromatic nitrogens is 1. The topological polar surface area (TPSA) is 54.9 Å². The number of nitrogens with zero attached hydrogens (tertiary/aromatic N) is 3. The Morgan fingerprint density at radius 3 is 2.23 bits per heavy atom. The quantitative estimate of drug-likeness (QED) is 0.403. The number of carbonyl (C=O) groups is 1. The van der Waals surface area contributed by atoms with Crippen molar-refractivity contribution in [1.82, 2.24) is 4.98 Å². The summed E-state index contributed by atoms with van der Waals surface area (Å²) in [5.41, 5.74) is 0.979. The van der Waals surface area contributed by atoms with Crippen LogP contribution in [-0.2, 0) is 6.18 Å². The Balaban J connectivity index is 1.86. The molecular formula is C24H20F5N3O3. The van der Waals surface area contributed by atoms with E-state index in [2.05, 4.69) is 9.72 Å². The Kier molecular flexibility index (Phi) is 6.27. The maximum atomic E-state index is 13.4. The smallest absolute Gasteiger partial charge is 0.416 e. The summed E-state index contributed by atoms with van der Waals surface area (Å²) in [6.45, 7) is 0.245. The van der Waals surface area contributed by atoms with Crippen LogP contribution in [0.25, 0.3) is 0 Å². The number of hydrogen-bond donors (Lipinski definition) is 0. The SMILES string of the molecule is COc1ccc(N2CN(c3ccc(OC(F)F)cc3C)c3ccc(C(F)(F)F)cc3C2=O)c(C)n1. The van der Waals surface area contributed by atoms with Crippen LogP contribution in [0.5, 0.6) is 11.6 Å². The highest BCUT2D eigenvalue weighted by Crippen LogP contribution is 2.41. The van der Waals surface area contributed by atoms with Crippen molar-refractivity contribution in [2.45, 2.75) is 26.6 Å². The summed E-state index contributed by atoms with van der Waals surface area (Å²) < 4.78 is 75.1. The lowest BCUT2D eigenvalue weighted by Gasteiger charge is -2.39. The summed E-state index contributed by atoms with van der Waals surface area (Å²) in [6, 6.07) is 10.3. The minimum absolute atomic E-state index is 0.0536. The Morgan fingerprint density at radius 1 is 0.943 bits per heavy atom. The van der Waals surface area contributed by atoms with E-state index in [0.29, 0.717) is 28.5 Å². The van der Waals surface area contributed by atoms with Crippen LogP contribution in [0.3, 0.4) is 0 Å². The van der Waals surface area contributed by atoms with Crippen molar-refractivity contribution in [3.05, 3.63) is 70.9 Å². The summed E-state index contributed by atoms with van der Waals surface area (Å²) in [4.78, 5) is 20.6. The van der Waals surface area contributed by atoms with E-state index in [1.54, 1.807) is 30.9 Å². The van der Waals surface area contributed by atoms with E-state index in [1.165, 1.54) is 36.3 Å². The van der Waals surface area contributed by atoms with E-state index in [0.717, 1.165) is 12.1 Å². The highest BCUT2D eigenvalue weighted by Gasteiger charge is 2.37. The third-order valence-electron chi connectivity index (χ3n) is 5.59. The van der Waals surface area contributed by atoms with Gasteiger partial charge in [0.1, 0.15) is 12.4 Å². The van der Waals surface area contributed by atoms with Gasteiger partial charge >= 0.3 is 12.8 Å². The molecule has 0 aliphatic carbocycles. The van der Waals surface area contributed by atoms with Crippen LogP contribution >= 0.6 is 0 Å². The molecule has 3 aromatic rings. The van der Waals surface area contributed by atoms with Gasteiger partial charge in [0, 0.05) is 11.8 Å². The van der Waals surface area contributed by atoms with E-state index in [1.807, 2.05) is 0 Å². The van der Waals surface area contributed by atoms with Crippen molar-refractivity contribution in [3.8, 4) is 11.6 Å². The number of anilines is 3. The molecule has 0 N–H and O–H groups in total. The lowest BCUT2D eigenvalue weighted by atomic mass is 10.0. The van der Waals surface area contributed by atoms with Gasteiger partial charge in [0.15, 0.2) is 0 Å². The zero-order chi connectivity index (χ0) is 25.5. The zero-order valence-corrected chi connectivity index (χ0v) is 18.9. The van der Waals surface area contributed by atoms with Gasteiger partial charge in [0.25, 0.3) is 5.91 Å². The fourth-order valence-corrected chi connectivity index (χ4v) is 3.97. The van der Waals surface area contributed by atoms with Crippen molar-refractivity contribution >= 4 is 23.0 Å². The molecule has 35 heavy (non-hydrogen) atoms. The van der Waals surface area contributed by atoms with E-state index in [4.69, 9.17) is 4.74 Å². The molecule has 1 aliphatic heterocycles. The van der Waals surface area contributed by atoms with Gasteiger partial charge in [-0.2, -0.15) is 22.0 Å². The van der Waals surface area contributed by atoms with Crippen LogP contribution < -0.4 is 19.3 Å². The van der Waals surface area contributed by atoms with Crippen molar-refractivity contribution in [2.24, 2.45) is 0 Å². The van der Waals surface area contributed by atoms with Crippen LogP contribution in [0.1, 0.15) is 27.2 Å². The standard InChI is InChI=1S/C24H20F5N3O3/c1-13-10-16(35-23(25)26)5-7-18(13)31-12-32(19-8-9-21(34-3)30-14(19)2)22(33)17-11-15(24(27,28)29)4-6-20(17)31/h4-11,23H,12H2,1-3H3. The second-order valence-corrected chi connectivity index (χ2v) is 7.82. The van der Waals surface area contributed by atoms with Crippen molar-refractivity contribution in [3.63, 3.8) is 0 Å². The molecule has 0 saturated heterocycles. The van der Waals surface area contributed by atoms with Crippen LogP contribution in [0.15, 0.2) is 48.5 Å². The number of carbonyl (C=O) groups excluding carboxylic acids is 1. The monoisotopic (exact) mass is 493 g/mol. The van der Waals surface area contributed by atoms with Crippen molar-refractivity contribution < 1.29 is 36.2 Å². The predicted molar refractivity (Wildman–Crippen MR) is 119 cm³/mol. The molecule has 2 aromatic carbocycles. The second kappa shape index (κ2) is 9.05. The molecule has 0 unspecified atom stereocenters. The Hall–Kier alpha value is -3.89. The minimum atomic E-state index is -4.65. The molecule has 1 aliphatic rings. The third kappa shape index (κ3) is 4.71. The van der Waals surface area contributed by atoms with Crippen LogP contribution in [0.2, 0.25) is 0 Å². The first kappa shape index (κ1) is 24.2. The van der Waals surface area contributed by atoms with Crippen molar-refractivity contribution in [1.29, 1.82) is 0 Å². The van der Waals surface area contributed by atoms with Crippen LogP contribution in [0, 0.1) is 13.8 Å². The number of fused-ring (bicyclic) bond motifs is 1. The summed E-state index contributed by atoms with van der Waals surface area (Å²) >= 11 is 0. The van der Waals surface area contributed by atoms with E-state index in [-0.39, 0.29) is 23.7 Å². The predicted octanol–water partition coefficient (Wildman–Crippen LogP) is 6.08. The molecule has 2 heterocycles. The molecule has 0 spiro atoms. The largest absolute Gasteiger partial charge is 0.481 e. The lowest BCUT2D eigenvalue weighted by Crippen LogP contribution is -2.45. The van der Waals surface area contributed by atoms with E-state index in [9.17, 15) is 26.7 Å². The van der Waals surface area contributed by atoms with E-state index >= 15 is 0 Å². The molecular weight excluding hydrogens is 473 g/mol. The number of aryl methyl sites for hydroxylation is 2. The summed E-state index contributed by atoms with van der Waals surface area (Å²) in [5.74, 6) is -0.375. The summed E-state index contributed by atoms with van der Waals surface area (Å²) in [6.07, 6.45) is -4.65.